The smallest absolute Gasteiger partial charge is 0.338 e. The van der Waals surface area contributed by atoms with Crippen LogP contribution in [0.3, 0.4) is 0 Å². The van der Waals surface area contributed by atoms with Crippen LogP contribution in [0.4, 0.5) is 5.69 Å². The summed E-state index contributed by atoms with van der Waals surface area (Å²) in [7, 11) is -3.83. The van der Waals surface area contributed by atoms with Gasteiger partial charge in [0.25, 0.3) is 5.91 Å². The summed E-state index contributed by atoms with van der Waals surface area (Å²) in [4.78, 5) is 24.3. The minimum atomic E-state index is -3.83. The molecule has 0 spiro atoms. The van der Waals surface area contributed by atoms with Crippen LogP contribution in [0.25, 0.3) is 0 Å². The van der Waals surface area contributed by atoms with Crippen LogP contribution in [0, 0.1) is 0 Å². The third kappa shape index (κ3) is 7.12. The summed E-state index contributed by atoms with van der Waals surface area (Å²) in [5.74, 6) is -0.752. The van der Waals surface area contributed by atoms with Crippen molar-refractivity contribution < 1.29 is 32.2 Å². The number of carbonyl (C=O) groups is 2. The minimum Gasteiger partial charge on any atom is -0.490 e. The standard InChI is InChI=1S/C20H23ClN2O7S/c1-3-9-29-19-16(21)10-13(11-17(19)28-4-2)20(25)30-12-18(24)23-14-5-7-15(8-6-14)31(22,26)27/h5-8,10-11H,3-4,9,12H2,1-2H3,(H,23,24)(H2,22,26,27). The Morgan fingerprint density at radius 2 is 1.77 bits per heavy atom. The summed E-state index contributed by atoms with van der Waals surface area (Å²) >= 11 is 6.22. The average molecular weight is 471 g/mol. The van der Waals surface area contributed by atoms with Gasteiger partial charge in [0.1, 0.15) is 0 Å². The highest BCUT2D eigenvalue weighted by Crippen LogP contribution is 2.37. The number of benzene rings is 2. The van der Waals surface area contributed by atoms with Crippen molar-refractivity contribution in [2.45, 2.75) is 25.2 Å². The Balaban J connectivity index is 2.02. The number of ether oxygens (including phenoxy) is 3. The number of halogens is 1. The van der Waals surface area contributed by atoms with E-state index in [9.17, 15) is 18.0 Å². The van der Waals surface area contributed by atoms with E-state index in [1.807, 2.05) is 6.92 Å². The zero-order valence-corrected chi connectivity index (χ0v) is 18.6. The van der Waals surface area contributed by atoms with E-state index in [4.69, 9.17) is 31.0 Å². The van der Waals surface area contributed by atoms with Crippen LogP contribution in [0.2, 0.25) is 5.02 Å². The molecule has 0 atom stereocenters. The molecule has 0 aromatic heterocycles. The Morgan fingerprint density at radius 1 is 1.10 bits per heavy atom. The van der Waals surface area contributed by atoms with E-state index in [-0.39, 0.29) is 15.5 Å². The molecule has 11 heteroatoms. The van der Waals surface area contributed by atoms with Gasteiger partial charge in [-0.3, -0.25) is 4.79 Å². The third-order valence-electron chi connectivity index (χ3n) is 3.80. The highest BCUT2D eigenvalue weighted by molar-refractivity contribution is 7.89. The van der Waals surface area contributed by atoms with Crippen molar-refractivity contribution in [1.82, 2.24) is 0 Å². The van der Waals surface area contributed by atoms with Gasteiger partial charge in [0, 0.05) is 5.69 Å². The van der Waals surface area contributed by atoms with Crippen LogP contribution >= 0.6 is 11.6 Å². The Labute approximate surface area is 185 Å². The molecule has 0 saturated heterocycles. The Morgan fingerprint density at radius 3 is 2.35 bits per heavy atom. The van der Waals surface area contributed by atoms with Gasteiger partial charge in [0.2, 0.25) is 10.0 Å². The number of rotatable bonds is 10. The molecule has 0 aliphatic rings. The molecule has 0 unspecified atom stereocenters. The molecule has 168 valence electrons. The van der Waals surface area contributed by atoms with Crippen molar-refractivity contribution in [3.8, 4) is 11.5 Å². The van der Waals surface area contributed by atoms with Crippen LogP contribution in [-0.4, -0.2) is 40.1 Å². The van der Waals surface area contributed by atoms with E-state index < -0.39 is 28.5 Å². The first-order valence-electron chi connectivity index (χ1n) is 9.34. The summed E-state index contributed by atoms with van der Waals surface area (Å²) in [6.07, 6.45) is 0.769. The van der Waals surface area contributed by atoms with Gasteiger partial charge in [-0.15, -0.1) is 0 Å². The van der Waals surface area contributed by atoms with E-state index >= 15 is 0 Å². The van der Waals surface area contributed by atoms with Gasteiger partial charge in [0.15, 0.2) is 18.1 Å². The SMILES string of the molecule is CCCOc1c(Cl)cc(C(=O)OCC(=O)Nc2ccc(S(N)(=O)=O)cc2)cc1OCC. The summed E-state index contributed by atoms with van der Waals surface area (Å²) in [5, 5.41) is 7.68. The van der Waals surface area contributed by atoms with E-state index in [1.54, 1.807) is 6.92 Å². The predicted octanol–water partition coefficient (Wildman–Crippen LogP) is 2.97. The Hall–Kier alpha value is -2.82. The lowest BCUT2D eigenvalue weighted by atomic mass is 10.2. The highest BCUT2D eigenvalue weighted by atomic mass is 35.5. The topological polar surface area (TPSA) is 134 Å². The molecule has 3 N–H and O–H groups in total. The van der Waals surface area contributed by atoms with E-state index in [0.29, 0.717) is 30.4 Å². The number of primary sulfonamides is 1. The second-order valence-corrected chi connectivity index (χ2v) is 8.23. The molecular formula is C20H23ClN2O7S. The number of amides is 1. The van der Waals surface area contributed by atoms with Crippen LogP contribution in [-0.2, 0) is 19.6 Å². The largest absolute Gasteiger partial charge is 0.490 e. The van der Waals surface area contributed by atoms with Crippen LogP contribution < -0.4 is 19.9 Å². The lowest BCUT2D eigenvalue weighted by Gasteiger charge is -2.14. The van der Waals surface area contributed by atoms with Crippen molar-refractivity contribution in [1.29, 1.82) is 0 Å². The van der Waals surface area contributed by atoms with Gasteiger partial charge in [0.05, 0.1) is 28.7 Å². The van der Waals surface area contributed by atoms with Crippen LogP contribution in [0.15, 0.2) is 41.3 Å². The zero-order chi connectivity index (χ0) is 23.0. The second kappa shape index (κ2) is 11.0. The van der Waals surface area contributed by atoms with Gasteiger partial charge in [-0.1, -0.05) is 18.5 Å². The fourth-order valence-electron chi connectivity index (χ4n) is 2.43. The fraction of sp³-hybridized carbons (Fsp3) is 0.300. The molecule has 2 aromatic carbocycles. The van der Waals surface area contributed by atoms with Crippen molar-refractivity contribution in [3.63, 3.8) is 0 Å². The molecule has 2 aromatic rings. The zero-order valence-electron chi connectivity index (χ0n) is 17.0. The quantitative estimate of drug-likeness (QED) is 0.509. The summed E-state index contributed by atoms with van der Waals surface area (Å²) in [5.41, 5.74) is 0.412. The summed E-state index contributed by atoms with van der Waals surface area (Å²) in [6.45, 7) is 3.93. The van der Waals surface area contributed by atoms with Crippen molar-refractivity contribution in [2.75, 3.05) is 25.1 Å². The summed E-state index contributed by atoms with van der Waals surface area (Å²) in [6, 6.07) is 8.03. The fourth-order valence-corrected chi connectivity index (χ4v) is 3.21. The normalized spacial score (nSPS) is 11.0. The number of nitrogens with two attached hydrogens (primary N) is 1. The maximum absolute atomic E-state index is 12.4. The molecule has 2 rings (SSSR count). The average Bonchev–Trinajstić information content (AvgIpc) is 2.71. The summed E-state index contributed by atoms with van der Waals surface area (Å²) < 4.78 is 38.6. The number of hydrogen-bond donors (Lipinski definition) is 2. The minimum absolute atomic E-state index is 0.0923. The molecule has 0 radical (unpaired) electrons. The molecule has 31 heavy (non-hydrogen) atoms. The number of esters is 1. The first-order valence-corrected chi connectivity index (χ1v) is 11.3. The van der Waals surface area contributed by atoms with Crippen LogP contribution in [0.1, 0.15) is 30.6 Å². The number of hydrogen-bond acceptors (Lipinski definition) is 7. The second-order valence-electron chi connectivity index (χ2n) is 6.26. The van der Waals surface area contributed by atoms with Crippen molar-refractivity contribution in [3.05, 3.63) is 47.0 Å². The first kappa shape index (κ1) is 24.4. The van der Waals surface area contributed by atoms with Crippen molar-refractivity contribution >= 4 is 39.2 Å². The molecule has 0 aliphatic heterocycles. The third-order valence-corrected chi connectivity index (χ3v) is 5.01. The lowest BCUT2D eigenvalue weighted by molar-refractivity contribution is -0.119. The van der Waals surface area contributed by atoms with Crippen molar-refractivity contribution in [2.24, 2.45) is 5.14 Å². The number of sulfonamides is 1. The molecule has 0 aliphatic carbocycles. The molecule has 0 fully saturated rings. The maximum atomic E-state index is 12.4. The Bertz CT molecular complexity index is 1040. The lowest BCUT2D eigenvalue weighted by Crippen LogP contribution is -2.21. The van der Waals surface area contributed by atoms with E-state index in [1.165, 1.54) is 36.4 Å². The van der Waals surface area contributed by atoms with Gasteiger partial charge in [-0.2, -0.15) is 0 Å². The van der Waals surface area contributed by atoms with Gasteiger partial charge in [-0.25, -0.2) is 18.4 Å². The van der Waals surface area contributed by atoms with E-state index in [0.717, 1.165) is 6.42 Å². The monoisotopic (exact) mass is 470 g/mol. The van der Waals surface area contributed by atoms with Gasteiger partial charge in [-0.05, 0) is 49.7 Å². The van der Waals surface area contributed by atoms with Crippen LogP contribution in [0.5, 0.6) is 11.5 Å². The molecule has 0 bridgehead atoms. The predicted molar refractivity (Wildman–Crippen MR) is 115 cm³/mol. The Kier molecular flexibility index (Phi) is 8.66. The maximum Gasteiger partial charge on any atom is 0.338 e. The highest BCUT2D eigenvalue weighted by Gasteiger charge is 2.18. The van der Waals surface area contributed by atoms with Gasteiger partial charge >= 0.3 is 5.97 Å². The number of anilines is 1. The molecular weight excluding hydrogens is 448 g/mol. The first-order chi connectivity index (χ1) is 14.7. The van der Waals surface area contributed by atoms with E-state index in [2.05, 4.69) is 5.32 Å². The number of nitrogens with one attached hydrogen (secondary N) is 1. The van der Waals surface area contributed by atoms with Gasteiger partial charge < -0.3 is 19.5 Å². The molecule has 0 heterocycles. The molecule has 1 amide bonds. The molecule has 9 nitrogen and oxygen atoms in total. The molecule has 0 saturated carbocycles. The number of carbonyl (C=O) groups excluding carboxylic acids is 2.